The third-order valence-electron chi connectivity index (χ3n) is 11.9. The number of aliphatic hydroxyl groups is 1. The minimum absolute atomic E-state index is 0.0735. The first-order valence-electron chi connectivity index (χ1n) is 16.3. The van der Waals surface area contributed by atoms with Gasteiger partial charge in [-0.15, -0.1) is 0 Å². The van der Waals surface area contributed by atoms with Gasteiger partial charge in [-0.3, -0.25) is 4.79 Å². The van der Waals surface area contributed by atoms with E-state index in [0.717, 1.165) is 32.1 Å². The molecule has 4 atom stereocenters. The molecule has 3 saturated carbocycles. The van der Waals surface area contributed by atoms with Gasteiger partial charge in [0.25, 0.3) is 0 Å². The maximum absolute atomic E-state index is 12.0. The van der Waals surface area contributed by atoms with Crippen LogP contribution in [0.3, 0.4) is 0 Å². The zero-order valence-electron chi connectivity index (χ0n) is 25.3. The maximum Gasteiger partial charge on any atom is 0.220 e. The number of benzene rings is 1. The Balaban J connectivity index is 1.12. The van der Waals surface area contributed by atoms with Crippen molar-refractivity contribution in [3.05, 3.63) is 29.3 Å². The number of nitrogens with one attached hydrogen (secondary N) is 1. The Hall–Kier alpha value is -1.55. The van der Waals surface area contributed by atoms with Crippen LogP contribution in [0.25, 0.3) is 0 Å². The molecule has 0 aliphatic heterocycles. The molecule has 5 rings (SSSR count). The summed E-state index contributed by atoms with van der Waals surface area (Å²) < 4.78 is 0. The zero-order chi connectivity index (χ0) is 27.9. The van der Waals surface area contributed by atoms with E-state index in [-0.39, 0.29) is 16.9 Å². The number of aromatic hydroxyl groups is 1. The highest BCUT2D eigenvalue weighted by atomic mass is 16.3. The SMILES string of the molecule is CC(C)(C)NC(=O)CCCCCCCCCC[C@H]1C[C@]2(C)C3(O)CCC2(CC3)C2CCc3cc(O)ccc3C21. The molecule has 0 spiro atoms. The largest absolute Gasteiger partial charge is 0.508 e. The summed E-state index contributed by atoms with van der Waals surface area (Å²) in [4.78, 5) is 12.0. The molecule has 3 fully saturated rings. The van der Waals surface area contributed by atoms with Gasteiger partial charge in [-0.2, -0.15) is 0 Å². The average Bonchev–Trinajstić information content (AvgIpc) is 3.23. The van der Waals surface area contributed by atoms with Crippen LogP contribution < -0.4 is 5.32 Å². The minimum atomic E-state index is -0.446. The Bertz CT molecular complexity index is 1020. The number of phenolic OH excluding ortho intramolecular Hbond substituents is 1. The molecular formula is C35H55NO3. The van der Waals surface area contributed by atoms with Gasteiger partial charge in [0.15, 0.2) is 0 Å². The van der Waals surface area contributed by atoms with Gasteiger partial charge in [0.05, 0.1) is 5.60 Å². The fraction of sp³-hybridized carbons (Fsp3) is 0.800. The van der Waals surface area contributed by atoms with Crippen LogP contribution in [0.2, 0.25) is 0 Å². The first-order valence-corrected chi connectivity index (χ1v) is 16.3. The third-order valence-corrected chi connectivity index (χ3v) is 11.9. The fourth-order valence-electron chi connectivity index (χ4n) is 10.1. The number of rotatable bonds is 11. The summed E-state index contributed by atoms with van der Waals surface area (Å²) in [7, 11) is 0. The number of carbonyl (C=O) groups excluding carboxylic acids is 1. The van der Waals surface area contributed by atoms with E-state index in [0.29, 0.717) is 35.3 Å². The first-order chi connectivity index (χ1) is 18.5. The van der Waals surface area contributed by atoms with Crippen LogP contribution in [0, 0.1) is 22.7 Å². The lowest BCUT2D eigenvalue weighted by Gasteiger charge is -2.59. The van der Waals surface area contributed by atoms with E-state index in [1.54, 1.807) is 0 Å². The molecule has 4 heteroatoms. The molecule has 2 bridgehead atoms. The first kappa shape index (κ1) is 29.0. The highest BCUT2D eigenvalue weighted by Crippen LogP contribution is 2.78. The second-order valence-corrected chi connectivity index (χ2v) is 15.2. The summed E-state index contributed by atoms with van der Waals surface area (Å²) in [5.74, 6) is 2.51. The van der Waals surface area contributed by atoms with E-state index in [4.69, 9.17) is 0 Å². The van der Waals surface area contributed by atoms with E-state index in [2.05, 4.69) is 18.3 Å². The van der Waals surface area contributed by atoms with E-state index in [9.17, 15) is 15.0 Å². The molecule has 2 unspecified atom stereocenters. The predicted molar refractivity (Wildman–Crippen MR) is 159 cm³/mol. The van der Waals surface area contributed by atoms with Crippen LogP contribution in [0.4, 0.5) is 0 Å². The van der Waals surface area contributed by atoms with Crippen LogP contribution in [0.5, 0.6) is 5.75 Å². The molecular weight excluding hydrogens is 482 g/mol. The van der Waals surface area contributed by atoms with Gasteiger partial charge in [-0.1, -0.05) is 57.9 Å². The normalized spacial score (nSPS) is 34.8. The van der Waals surface area contributed by atoms with Gasteiger partial charge in [0, 0.05) is 17.4 Å². The standard InChI is InChI=1S/C35H55NO3/c1-32(2,3)36-30(38)14-12-10-8-6-5-7-9-11-13-26-24-33(4)34(19-21-35(33,39)22-20-34)29-18-15-25-23-27(37)16-17-28(25)31(26)29/h16-17,23,26,29,31,37,39H,5-15,18-22,24H2,1-4H3,(H,36,38)/t26-,29?,31?,33-,34?,35?/m0/s1. The van der Waals surface area contributed by atoms with Crippen molar-refractivity contribution in [1.82, 2.24) is 5.32 Å². The molecule has 1 aromatic rings. The molecule has 1 amide bonds. The number of phenols is 1. The van der Waals surface area contributed by atoms with Crippen molar-refractivity contribution in [2.24, 2.45) is 22.7 Å². The van der Waals surface area contributed by atoms with Crippen molar-refractivity contribution in [2.75, 3.05) is 0 Å². The third kappa shape index (κ3) is 5.41. The Morgan fingerprint density at radius 1 is 0.974 bits per heavy atom. The smallest absolute Gasteiger partial charge is 0.220 e. The summed E-state index contributed by atoms with van der Waals surface area (Å²) in [5, 5.41) is 25.0. The van der Waals surface area contributed by atoms with Gasteiger partial charge < -0.3 is 15.5 Å². The summed E-state index contributed by atoms with van der Waals surface area (Å²) in [5.41, 5.74) is 2.70. The van der Waals surface area contributed by atoms with Crippen molar-refractivity contribution in [1.29, 1.82) is 0 Å². The van der Waals surface area contributed by atoms with Crippen molar-refractivity contribution in [3.63, 3.8) is 0 Å². The number of fused-ring (bicyclic) bond motifs is 3. The lowest BCUT2D eigenvalue weighted by molar-refractivity contribution is -0.122. The van der Waals surface area contributed by atoms with Gasteiger partial charge in [0.1, 0.15) is 5.75 Å². The van der Waals surface area contributed by atoms with Crippen molar-refractivity contribution >= 4 is 5.91 Å². The monoisotopic (exact) mass is 537 g/mol. The summed E-state index contributed by atoms with van der Waals surface area (Å²) in [6.45, 7) is 8.58. The topological polar surface area (TPSA) is 69.6 Å². The number of hydrogen-bond acceptors (Lipinski definition) is 3. The number of aryl methyl sites for hydroxylation is 1. The molecule has 0 heterocycles. The van der Waals surface area contributed by atoms with Crippen LogP contribution in [0.15, 0.2) is 18.2 Å². The van der Waals surface area contributed by atoms with E-state index >= 15 is 0 Å². The number of amides is 1. The van der Waals surface area contributed by atoms with Gasteiger partial charge in [-0.25, -0.2) is 0 Å². The second kappa shape index (κ2) is 11.0. The van der Waals surface area contributed by atoms with Gasteiger partial charge >= 0.3 is 0 Å². The maximum atomic E-state index is 12.0. The molecule has 218 valence electrons. The van der Waals surface area contributed by atoms with E-state index < -0.39 is 5.60 Å². The highest BCUT2D eigenvalue weighted by molar-refractivity contribution is 5.76. The van der Waals surface area contributed by atoms with Crippen LogP contribution in [-0.2, 0) is 11.2 Å². The van der Waals surface area contributed by atoms with Crippen LogP contribution >= 0.6 is 0 Å². The van der Waals surface area contributed by atoms with Gasteiger partial charge in [-0.05, 0) is 125 Å². The van der Waals surface area contributed by atoms with Crippen molar-refractivity contribution < 1.29 is 15.0 Å². The molecule has 0 saturated heterocycles. The molecule has 0 radical (unpaired) electrons. The molecule has 3 N–H and O–H groups in total. The van der Waals surface area contributed by atoms with Crippen molar-refractivity contribution in [2.45, 2.75) is 154 Å². The molecule has 0 aromatic heterocycles. The highest BCUT2D eigenvalue weighted by Gasteiger charge is 2.74. The fourth-order valence-corrected chi connectivity index (χ4v) is 10.1. The van der Waals surface area contributed by atoms with Crippen LogP contribution in [-0.4, -0.2) is 27.3 Å². The predicted octanol–water partition coefficient (Wildman–Crippen LogP) is 8.19. The summed E-state index contributed by atoms with van der Waals surface area (Å²) in [6, 6.07) is 6.20. The summed E-state index contributed by atoms with van der Waals surface area (Å²) in [6.07, 6.45) is 19.7. The Kier molecular flexibility index (Phi) is 8.19. The molecule has 4 aliphatic carbocycles. The van der Waals surface area contributed by atoms with E-state index in [1.807, 2.05) is 32.9 Å². The molecule has 4 aliphatic rings. The minimum Gasteiger partial charge on any atom is -0.508 e. The lowest BCUT2D eigenvalue weighted by Crippen LogP contribution is -2.54. The van der Waals surface area contributed by atoms with E-state index in [1.165, 1.54) is 81.8 Å². The second-order valence-electron chi connectivity index (χ2n) is 15.2. The van der Waals surface area contributed by atoms with Gasteiger partial charge in [0.2, 0.25) is 5.91 Å². The summed E-state index contributed by atoms with van der Waals surface area (Å²) >= 11 is 0. The Morgan fingerprint density at radius 3 is 2.28 bits per heavy atom. The molecule has 4 nitrogen and oxygen atoms in total. The number of carbonyl (C=O) groups is 1. The number of unbranched alkanes of at least 4 members (excludes halogenated alkanes) is 7. The molecule has 1 aromatic carbocycles. The Labute approximate surface area is 237 Å². The lowest BCUT2D eigenvalue weighted by atomic mass is 9.45. The zero-order valence-corrected chi connectivity index (χ0v) is 25.3. The van der Waals surface area contributed by atoms with Crippen LogP contribution in [0.1, 0.15) is 147 Å². The Morgan fingerprint density at radius 2 is 1.62 bits per heavy atom. The average molecular weight is 538 g/mol. The quantitative estimate of drug-likeness (QED) is 0.249. The van der Waals surface area contributed by atoms with Crippen molar-refractivity contribution in [3.8, 4) is 5.75 Å². The number of hydrogen-bond donors (Lipinski definition) is 3. The molecule has 39 heavy (non-hydrogen) atoms.